The fourth-order valence-electron chi connectivity index (χ4n) is 2.06. The molecule has 0 bridgehead atoms. The summed E-state index contributed by atoms with van der Waals surface area (Å²) in [5.41, 5.74) is 0. The summed E-state index contributed by atoms with van der Waals surface area (Å²) in [4.78, 5) is 21.6. The molecule has 0 radical (unpaired) electrons. The van der Waals surface area contributed by atoms with Gasteiger partial charge in [0.25, 0.3) is 0 Å². The van der Waals surface area contributed by atoms with E-state index in [9.17, 15) is 9.59 Å². The van der Waals surface area contributed by atoms with E-state index >= 15 is 0 Å². The van der Waals surface area contributed by atoms with Gasteiger partial charge >= 0.3 is 11.9 Å². The maximum Gasteiger partial charge on any atom is 0.306 e. The molecule has 21 heavy (non-hydrogen) atoms. The van der Waals surface area contributed by atoms with E-state index in [2.05, 4.69) is 0 Å². The minimum atomic E-state index is -0.260. The van der Waals surface area contributed by atoms with Crippen molar-refractivity contribution in [1.82, 2.24) is 0 Å². The molecule has 0 aromatic rings. The number of hydrogen-bond donors (Lipinski definition) is 0. The van der Waals surface area contributed by atoms with Gasteiger partial charge < -0.3 is 18.9 Å². The number of carbonyl (C=O) groups is 2. The SMILES string of the molecule is CC(=O)OC(C)CCOCCCOCCC1CCC(=O)O1. The van der Waals surface area contributed by atoms with Crippen molar-refractivity contribution >= 4 is 11.9 Å². The van der Waals surface area contributed by atoms with E-state index in [0.717, 1.165) is 19.3 Å². The van der Waals surface area contributed by atoms with Crippen LogP contribution in [-0.4, -0.2) is 50.6 Å². The van der Waals surface area contributed by atoms with Crippen LogP contribution in [0.4, 0.5) is 0 Å². The van der Waals surface area contributed by atoms with Crippen LogP contribution in [0.5, 0.6) is 0 Å². The summed E-state index contributed by atoms with van der Waals surface area (Å²) < 4.78 is 21.0. The van der Waals surface area contributed by atoms with Crippen LogP contribution in [0.2, 0.25) is 0 Å². The van der Waals surface area contributed by atoms with E-state index in [1.165, 1.54) is 6.92 Å². The maximum absolute atomic E-state index is 10.9. The van der Waals surface area contributed by atoms with Gasteiger partial charge in [-0.3, -0.25) is 9.59 Å². The van der Waals surface area contributed by atoms with Crippen molar-refractivity contribution in [1.29, 1.82) is 0 Å². The highest BCUT2D eigenvalue weighted by Crippen LogP contribution is 2.16. The molecule has 6 heteroatoms. The number of esters is 2. The van der Waals surface area contributed by atoms with E-state index in [0.29, 0.717) is 39.3 Å². The van der Waals surface area contributed by atoms with Gasteiger partial charge in [-0.2, -0.15) is 0 Å². The molecule has 1 heterocycles. The number of carbonyl (C=O) groups excluding carboxylic acids is 2. The second kappa shape index (κ2) is 10.6. The molecule has 1 aliphatic rings. The Morgan fingerprint density at radius 2 is 2.00 bits per heavy atom. The van der Waals surface area contributed by atoms with Crippen molar-refractivity contribution in [2.75, 3.05) is 26.4 Å². The highest BCUT2D eigenvalue weighted by atomic mass is 16.6. The fourth-order valence-corrected chi connectivity index (χ4v) is 2.06. The van der Waals surface area contributed by atoms with Crippen LogP contribution in [-0.2, 0) is 28.5 Å². The first kappa shape index (κ1) is 17.9. The first-order valence-corrected chi connectivity index (χ1v) is 7.60. The molecule has 1 rings (SSSR count). The molecule has 0 aromatic carbocycles. The molecule has 0 aliphatic carbocycles. The molecule has 122 valence electrons. The molecule has 1 saturated heterocycles. The van der Waals surface area contributed by atoms with Gasteiger partial charge in [-0.15, -0.1) is 0 Å². The Hall–Kier alpha value is -1.14. The molecule has 2 unspecified atom stereocenters. The normalized spacial score (nSPS) is 19.3. The lowest BCUT2D eigenvalue weighted by Gasteiger charge is -2.12. The van der Waals surface area contributed by atoms with Crippen LogP contribution in [0, 0.1) is 0 Å². The Balaban J connectivity index is 1.80. The Morgan fingerprint density at radius 3 is 2.62 bits per heavy atom. The van der Waals surface area contributed by atoms with Gasteiger partial charge in [0, 0.05) is 39.4 Å². The zero-order valence-electron chi connectivity index (χ0n) is 13.0. The van der Waals surface area contributed by atoms with Gasteiger partial charge in [0.05, 0.1) is 13.2 Å². The Bertz CT molecular complexity index is 317. The lowest BCUT2D eigenvalue weighted by Crippen LogP contribution is -2.15. The predicted octanol–water partition coefficient (Wildman–Crippen LogP) is 1.85. The molecule has 0 saturated carbocycles. The minimum Gasteiger partial charge on any atom is -0.463 e. The molecule has 2 atom stereocenters. The Labute approximate surface area is 126 Å². The van der Waals surface area contributed by atoms with Crippen molar-refractivity contribution < 1.29 is 28.5 Å². The van der Waals surface area contributed by atoms with Crippen molar-refractivity contribution in [3.8, 4) is 0 Å². The van der Waals surface area contributed by atoms with Crippen LogP contribution in [0.1, 0.15) is 46.0 Å². The number of rotatable bonds is 11. The van der Waals surface area contributed by atoms with E-state index < -0.39 is 0 Å². The average Bonchev–Trinajstić information content (AvgIpc) is 2.81. The molecule has 6 nitrogen and oxygen atoms in total. The quantitative estimate of drug-likeness (QED) is 0.428. The summed E-state index contributed by atoms with van der Waals surface area (Å²) in [7, 11) is 0. The zero-order valence-corrected chi connectivity index (χ0v) is 13.0. The summed E-state index contributed by atoms with van der Waals surface area (Å²) in [5.74, 6) is -0.361. The summed E-state index contributed by atoms with van der Waals surface area (Å²) in [5, 5.41) is 0. The van der Waals surface area contributed by atoms with Gasteiger partial charge in [0.15, 0.2) is 0 Å². The Morgan fingerprint density at radius 1 is 1.29 bits per heavy atom. The van der Waals surface area contributed by atoms with Crippen LogP contribution >= 0.6 is 0 Å². The molecule has 0 aromatic heterocycles. The Kier molecular flexibility index (Phi) is 9.01. The van der Waals surface area contributed by atoms with Crippen LogP contribution in [0.3, 0.4) is 0 Å². The topological polar surface area (TPSA) is 71.1 Å². The average molecular weight is 302 g/mol. The largest absolute Gasteiger partial charge is 0.463 e. The second-order valence-electron chi connectivity index (χ2n) is 5.23. The van der Waals surface area contributed by atoms with Gasteiger partial charge in [0.2, 0.25) is 0 Å². The summed E-state index contributed by atoms with van der Waals surface area (Å²) in [6.07, 6.45) is 3.58. The van der Waals surface area contributed by atoms with Gasteiger partial charge in [-0.1, -0.05) is 0 Å². The van der Waals surface area contributed by atoms with Crippen molar-refractivity contribution in [2.24, 2.45) is 0 Å². The molecule has 0 N–H and O–H groups in total. The number of hydrogen-bond acceptors (Lipinski definition) is 6. The third-order valence-electron chi connectivity index (χ3n) is 3.17. The lowest BCUT2D eigenvalue weighted by molar-refractivity contribution is -0.146. The summed E-state index contributed by atoms with van der Waals surface area (Å²) in [6.45, 7) is 5.71. The van der Waals surface area contributed by atoms with E-state index in [4.69, 9.17) is 18.9 Å². The first-order valence-electron chi connectivity index (χ1n) is 7.60. The molecular weight excluding hydrogens is 276 g/mol. The van der Waals surface area contributed by atoms with Gasteiger partial charge in [0.1, 0.15) is 12.2 Å². The zero-order chi connectivity index (χ0) is 15.5. The second-order valence-corrected chi connectivity index (χ2v) is 5.23. The maximum atomic E-state index is 10.9. The predicted molar refractivity (Wildman–Crippen MR) is 75.8 cm³/mol. The lowest BCUT2D eigenvalue weighted by atomic mass is 10.2. The molecule has 1 fully saturated rings. The van der Waals surface area contributed by atoms with Crippen LogP contribution in [0.15, 0.2) is 0 Å². The van der Waals surface area contributed by atoms with Crippen molar-refractivity contribution in [3.05, 3.63) is 0 Å². The summed E-state index contributed by atoms with van der Waals surface area (Å²) >= 11 is 0. The van der Waals surface area contributed by atoms with Crippen LogP contribution < -0.4 is 0 Å². The van der Waals surface area contributed by atoms with Gasteiger partial charge in [-0.25, -0.2) is 0 Å². The highest BCUT2D eigenvalue weighted by Gasteiger charge is 2.22. The van der Waals surface area contributed by atoms with Crippen LogP contribution in [0.25, 0.3) is 0 Å². The van der Waals surface area contributed by atoms with E-state index in [1.807, 2.05) is 6.92 Å². The third-order valence-corrected chi connectivity index (χ3v) is 3.17. The molecule has 0 amide bonds. The third kappa shape index (κ3) is 9.42. The first-order chi connectivity index (χ1) is 10.1. The molecular formula is C15H26O6. The number of cyclic esters (lactones) is 1. The molecule has 1 aliphatic heterocycles. The minimum absolute atomic E-state index is 0.0384. The smallest absolute Gasteiger partial charge is 0.306 e. The van der Waals surface area contributed by atoms with Crippen molar-refractivity contribution in [2.45, 2.75) is 58.2 Å². The number of ether oxygens (including phenoxy) is 4. The van der Waals surface area contributed by atoms with Crippen molar-refractivity contribution in [3.63, 3.8) is 0 Å². The van der Waals surface area contributed by atoms with E-state index in [1.54, 1.807) is 0 Å². The highest BCUT2D eigenvalue weighted by molar-refractivity contribution is 5.71. The monoisotopic (exact) mass is 302 g/mol. The van der Waals surface area contributed by atoms with E-state index in [-0.39, 0.29) is 24.1 Å². The molecule has 0 spiro atoms. The fraction of sp³-hybridized carbons (Fsp3) is 0.867. The summed E-state index contributed by atoms with van der Waals surface area (Å²) in [6, 6.07) is 0. The van der Waals surface area contributed by atoms with Gasteiger partial charge in [-0.05, 0) is 19.8 Å². The standard InChI is InChI=1S/C15H26O6/c1-12(20-13(2)16)6-10-18-8-3-9-19-11-7-14-4-5-15(17)21-14/h12,14H,3-11H2,1-2H3.